The molecule has 0 N–H and O–H groups in total. The monoisotopic (exact) mass is 636 g/mol. The van der Waals surface area contributed by atoms with Gasteiger partial charge in [0.25, 0.3) is 0 Å². The molecule has 4 nitrogen and oxygen atoms in total. The molecule has 0 amide bonds. The highest BCUT2D eigenvalue weighted by molar-refractivity contribution is 6.23. The van der Waals surface area contributed by atoms with Crippen molar-refractivity contribution < 1.29 is 0 Å². The van der Waals surface area contributed by atoms with Crippen molar-refractivity contribution in [1.82, 2.24) is 19.1 Å². The summed E-state index contributed by atoms with van der Waals surface area (Å²) in [5, 5.41) is 10.6. The lowest BCUT2D eigenvalue weighted by molar-refractivity contribution is 1.02. The van der Waals surface area contributed by atoms with E-state index in [9.17, 15) is 0 Å². The first-order valence-electron chi connectivity index (χ1n) is 17.0. The van der Waals surface area contributed by atoms with Gasteiger partial charge in [-0.2, -0.15) is 0 Å². The van der Waals surface area contributed by atoms with Crippen LogP contribution in [0.15, 0.2) is 170 Å². The average Bonchev–Trinajstić information content (AvgIpc) is 3.69. The Balaban J connectivity index is 1.32. The predicted octanol–water partition coefficient (Wildman–Crippen LogP) is 11.8. The van der Waals surface area contributed by atoms with Gasteiger partial charge in [-0.1, -0.05) is 133 Å². The summed E-state index contributed by atoms with van der Waals surface area (Å²) in [5.74, 6) is 0.659. The van der Waals surface area contributed by atoms with Crippen molar-refractivity contribution in [3.05, 3.63) is 170 Å². The van der Waals surface area contributed by atoms with Crippen LogP contribution in [-0.4, -0.2) is 19.1 Å². The van der Waals surface area contributed by atoms with Crippen molar-refractivity contribution in [1.29, 1.82) is 0 Å². The lowest BCUT2D eigenvalue weighted by atomic mass is 10.0. The SMILES string of the molecule is c1ccc(-c2nc(-n3c4cc5c(cc4c4ccc6ccccc6c43)c3ccccc3n5-c3ccc4ccccc4c3)nc3ccccc23)cc1. The van der Waals surface area contributed by atoms with Gasteiger partial charge in [0.2, 0.25) is 5.95 Å². The fourth-order valence-corrected chi connectivity index (χ4v) is 8.02. The molecule has 0 aliphatic rings. The van der Waals surface area contributed by atoms with Crippen molar-refractivity contribution in [3.63, 3.8) is 0 Å². The third-order valence-electron chi connectivity index (χ3n) is 10.3. The van der Waals surface area contributed by atoms with E-state index in [1.807, 2.05) is 6.07 Å². The molecule has 232 valence electrons. The van der Waals surface area contributed by atoms with Gasteiger partial charge in [0, 0.05) is 43.6 Å². The Hall–Kier alpha value is -6.78. The second-order valence-corrected chi connectivity index (χ2v) is 13.0. The normalized spacial score (nSPS) is 12.0. The highest BCUT2D eigenvalue weighted by atomic mass is 15.2. The Morgan fingerprint density at radius 2 is 1.02 bits per heavy atom. The zero-order chi connectivity index (χ0) is 32.8. The summed E-state index contributed by atoms with van der Waals surface area (Å²) in [6, 6.07) is 60.7. The van der Waals surface area contributed by atoms with Crippen LogP contribution in [0.5, 0.6) is 0 Å². The molecule has 8 aromatic carbocycles. The molecular weight excluding hydrogens is 609 g/mol. The van der Waals surface area contributed by atoms with Crippen LogP contribution in [0, 0.1) is 0 Å². The van der Waals surface area contributed by atoms with Crippen LogP contribution in [0.3, 0.4) is 0 Å². The molecule has 3 aromatic heterocycles. The molecule has 0 aliphatic heterocycles. The predicted molar refractivity (Wildman–Crippen MR) is 209 cm³/mol. The molecule has 11 rings (SSSR count). The Bertz CT molecular complexity index is 3150. The van der Waals surface area contributed by atoms with Crippen molar-refractivity contribution >= 4 is 76.1 Å². The van der Waals surface area contributed by atoms with Crippen molar-refractivity contribution in [2.45, 2.75) is 0 Å². The van der Waals surface area contributed by atoms with E-state index in [4.69, 9.17) is 9.97 Å². The number of aromatic nitrogens is 4. The number of rotatable bonds is 3. The topological polar surface area (TPSA) is 35.6 Å². The Kier molecular flexibility index (Phi) is 5.63. The summed E-state index contributed by atoms with van der Waals surface area (Å²) in [6.45, 7) is 0. The smallest absolute Gasteiger partial charge is 0.235 e. The minimum atomic E-state index is 0.659. The molecule has 0 bridgehead atoms. The van der Waals surface area contributed by atoms with E-state index in [1.165, 1.54) is 48.6 Å². The van der Waals surface area contributed by atoms with E-state index in [0.717, 1.165) is 44.4 Å². The summed E-state index contributed by atoms with van der Waals surface area (Å²) in [5.41, 5.74) is 8.55. The minimum absolute atomic E-state index is 0.659. The molecule has 3 heterocycles. The van der Waals surface area contributed by atoms with Crippen LogP contribution in [0.2, 0.25) is 0 Å². The summed E-state index contributed by atoms with van der Waals surface area (Å²) in [6.07, 6.45) is 0. The summed E-state index contributed by atoms with van der Waals surface area (Å²) < 4.78 is 4.71. The molecule has 0 unspecified atom stereocenters. The van der Waals surface area contributed by atoms with Gasteiger partial charge in [-0.3, -0.25) is 4.57 Å². The highest BCUT2D eigenvalue weighted by Crippen LogP contribution is 2.42. The van der Waals surface area contributed by atoms with Crippen LogP contribution in [-0.2, 0) is 0 Å². The van der Waals surface area contributed by atoms with Crippen molar-refractivity contribution in [2.75, 3.05) is 0 Å². The van der Waals surface area contributed by atoms with Gasteiger partial charge in [0.1, 0.15) is 0 Å². The van der Waals surface area contributed by atoms with E-state index in [0.29, 0.717) is 5.95 Å². The van der Waals surface area contributed by atoms with Crippen molar-refractivity contribution in [2.24, 2.45) is 0 Å². The number of para-hydroxylation sites is 2. The zero-order valence-electron chi connectivity index (χ0n) is 27.0. The molecule has 0 saturated carbocycles. The van der Waals surface area contributed by atoms with Gasteiger partial charge in [-0.25, -0.2) is 9.97 Å². The molecular formula is C46H28N4. The standard InChI is InChI=1S/C46H28N4/c1-2-14-31(15-3-1)44-37-19-8-10-20-40(37)47-46(48-44)50-43-28-42-38(27-39(43)36-25-23-30-13-6-7-17-34(30)45(36)50)35-18-9-11-21-41(35)49(42)33-24-22-29-12-4-5-16-32(29)26-33/h1-28H. The second-order valence-electron chi connectivity index (χ2n) is 13.0. The van der Waals surface area contributed by atoms with Crippen LogP contribution in [0.4, 0.5) is 0 Å². The van der Waals surface area contributed by atoms with Gasteiger partial charge in [0.05, 0.1) is 33.3 Å². The summed E-state index contributed by atoms with van der Waals surface area (Å²) >= 11 is 0. The maximum Gasteiger partial charge on any atom is 0.235 e. The van der Waals surface area contributed by atoms with E-state index in [2.05, 4.69) is 173 Å². The number of hydrogen-bond acceptors (Lipinski definition) is 2. The van der Waals surface area contributed by atoms with Crippen LogP contribution in [0.1, 0.15) is 0 Å². The number of hydrogen-bond donors (Lipinski definition) is 0. The van der Waals surface area contributed by atoms with E-state index in [-0.39, 0.29) is 0 Å². The number of fused-ring (bicyclic) bond motifs is 10. The van der Waals surface area contributed by atoms with Gasteiger partial charge in [-0.05, 0) is 52.6 Å². The first kappa shape index (κ1) is 27.2. The zero-order valence-corrected chi connectivity index (χ0v) is 27.0. The lowest BCUT2D eigenvalue weighted by Gasteiger charge is -2.13. The molecule has 0 radical (unpaired) electrons. The van der Waals surface area contributed by atoms with Crippen LogP contribution in [0.25, 0.3) is 99.0 Å². The molecule has 0 saturated heterocycles. The number of benzene rings is 8. The van der Waals surface area contributed by atoms with E-state index >= 15 is 0 Å². The van der Waals surface area contributed by atoms with Gasteiger partial charge >= 0.3 is 0 Å². The van der Waals surface area contributed by atoms with E-state index in [1.54, 1.807) is 0 Å². The molecule has 4 heteroatoms. The molecule has 0 aliphatic carbocycles. The molecule has 0 fully saturated rings. The molecule has 50 heavy (non-hydrogen) atoms. The Morgan fingerprint density at radius 1 is 0.360 bits per heavy atom. The lowest BCUT2D eigenvalue weighted by Crippen LogP contribution is -2.04. The van der Waals surface area contributed by atoms with Gasteiger partial charge in [0.15, 0.2) is 0 Å². The second kappa shape index (κ2) is 10.4. The van der Waals surface area contributed by atoms with Crippen molar-refractivity contribution in [3.8, 4) is 22.9 Å². The third-order valence-corrected chi connectivity index (χ3v) is 10.3. The Morgan fingerprint density at radius 3 is 1.90 bits per heavy atom. The summed E-state index contributed by atoms with van der Waals surface area (Å²) in [4.78, 5) is 10.7. The van der Waals surface area contributed by atoms with Gasteiger partial charge in [-0.15, -0.1) is 0 Å². The van der Waals surface area contributed by atoms with Crippen LogP contribution >= 0.6 is 0 Å². The van der Waals surface area contributed by atoms with Crippen LogP contribution < -0.4 is 0 Å². The fourth-order valence-electron chi connectivity index (χ4n) is 8.02. The third kappa shape index (κ3) is 3.87. The quantitative estimate of drug-likeness (QED) is 0.193. The molecule has 11 aromatic rings. The minimum Gasteiger partial charge on any atom is -0.309 e. The highest BCUT2D eigenvalue weighted by Gasteiger charge is 2.22. The van der Waals surface area contributed by atoms with Gasteiger partial charge < -0.3 is 4.57 Å². The Labute approximate surface area is 287 Å². The van der Waals surface area contributed by atoms with E-state index < -0.39 is 0 Å². The molecule has 0 spiro atoms. The maximum atomic E-state index is 5.40. The first-order chi connectivity index (χ1) is 24.8. The number of nitrogens with zero attached hydrogens (tertiary/aromatic N) is 4. The maximum absolute atomic E-state index is 5.40. The first-order valence-corrected chi connectivity index (χ1v) is 17.0. The largest absolute Gasteiger partial charge is 0.309 e. The average molecular weight is 637 g/mol. The fraction of sp³-hybridized carbons (Fsp3) is 0. The molecule has 0 atom stereocenters. The summed E-state index contributed by atoms with van der Waals surface area (Å²) in [7, 11) is 0.